The van der Waals surface area contributed by atoms with Crippen LogP contribution in [0.4, 0.5) is 0 Å². The van der Waals surface area contributed by atoms with Gasteiger partial charge in [-0.2, -0.15) is 0 Å². The highest BCUT2D eigenvalue weighted by atomic mass is 16.4. The van der Waals surface area contributed by atoms with Crippen molar-refractivity contribution in [1.82, 2.24) is 9.97 Å². The van der Waals surface area contributed by atoms with Crippen molar-refractivity contribution in [2.75, 3.05) is 0 Å². The molecule has 1 N–H and O–H groups in total. The van der Waals surface area contributed by atoms with Crippen molar-refractivity contribution in [3.05, 3.63) is 53.9 Å². The minimum Gasteiger partial charge on any atom is -0.481 e. The SMILES string of the molecule is Cc1ccnc(-c2cc(C=CCC(=O)O)ccn2)c1. The van der Waals surface area contributed by atoms with Crippen LogP contribution in [0.5, 0.6) is 0 Å². The van der Waals surface area contributed by atoms with Crippen molar-refractivity contribution in [1.29, 1.82) is 0 Å². The molecule has 0 saturated heterocycles. The summed E-state index contributed by atoms with van der Waals surface area (Å²) in [5.41, 5.74) is 3.63. The molecule has 0 amide bonds. The summed E-state index contributed by atoms with van der Waals surface area (Å²) in [4.78, 5) is 19.0. The van der Waals surface area contributed by atoms with Crippen LogP contribution in [0.1, 0.15) is 17.5 Å². The highest BCUT2D eigenvalue weighted by Crippen LogP contribution is 2.17. The molecule has 0 aliphatic carbocycles. The average molecular weight is 254 g/mol. The van der Waals surface area contributed by atoms with Crippen LogP contribution in [0.25, 0.3) is 17.5 Å². The van der Waals surface area contributed by atoms with Gasteiger partial charge in [0, 0.05) is 12.4 Å². The lowest BCUT2D eigenvalue weighted by atomic mass is 10.1. The van der Waals surface area contributed by atoms with Gasteiger partial charge in [0.15, 0.2) is 0 Å². The zero-order valence-electron chi connectivity index (χ0n) is 10.6. The molecule has 0 aliphatic rings. The monoisotopic (exact) mass is 254 g/mol. The normalized spacial score (nSPS) is 10.8. The Hall–Kier alpha value is -2.49. The van der Waals surface area contributed by atoms with Crippen LogP contribution in [0.2, 0.25) is 0 Å². The first-order chi connectivity index (χ1) is 9.15. The second kappa shape index (κ2) is 5.91. The van der Waals surface area contributed by atoms with E-state index in [0.717, 1.165) is 22.5 Å². The average Bonchev–Trinajstić information content (AvgIpc) is 2.39. The summed E-state index contributed by atoms with van der Waals surface area (Å²) in [7, 11) is 0. The first-order valence-corrected chi connectivity index (χ1v) is 5.92. The van der Waals surface area contributed by atoms with Crippen molar-refractivity contribution in [2.45, 2.75) is 13.3 Å². The molecule has 0 unspecified atom stereocenters. The quantitative estimate of drug-likeness (QED) is 0.911. The molecule has 2 aromatic heterocycles. The Morgan fingerprint density at radius 1 is 1.21 bits per heavy atom. The van der Waals surface area contributed by atoms with E-state index in [4.69, 9.17) is 5.11 Å². The van der Waals surface area contributed by atoms with Gasteiger partial charge in [-0.1, -0.05) is 12.2 Å². The summed E-state index contributed by atoms with van der Waals surface area (Å²) in [6.45, 7) is 2.00. The molecule has 19 heavy (non-hydrogen) atoms. The molecule has 96 valence electrons. The smallest absolute Gasteiger partial charge is 0.307 e. The molecule has 0 fully saturated rings. The maximum absolute atomic E-state index is 10.4. The number of aryl methyl sites for hydroxylation is 1. The second-order valence-electron chi connectivity index (χ2n) is 4.19. The Bertz CT molecular complexity index is 621. The lowest BCUT2D eigenvalue weighted by Crippen LogP contribution is -1.90. The molecule has 0 aromatic carbocycles. The highest BCUT2D eigenvalue weighted by Gasteiger charge is 2.01. The predicted octanol–water partition coefficient (Wildman–Crippen LogP) is 2.94. The fraction of sp³-hybridized carbons (Fsp3) is 0.133. The molecule has 4 nitrogen and oxygen atoms in total. The van der Waals surface area contributed by atoms with E-state index >= 15 is 0 Å². The lowest BCUT2D eigenvalue weighted by Gasteiger charge is -2.02. The number of aromatic nitrogens is 2. The third-order valence-electron chi connectivity index (χ3n) is 2.56. The summed E-state index contributed by atoms with van der Waals surface area (Å²) in [6, 6.07) is 7.62. The van der Waals surface area contributed by atoms with Crippen LogP contribution < -0.4 is 0 Å². The second-order valence-corrected chi connectivity index (χ2v) is 4.19. The molecule has 0 aliphatic heterocycles. The van der Waals surface area contributed by atoms with Crippen molar-refractivity contribution in [3.63, 3.8) is 0 Å². The molecule has 2 rings (SSSR count). The number of carbonyl (C=O) groups is 1. The molecule has 4 heteroatoms. The maximum atomic E-state index is 10.4. The minimum absolute atomic E-state index is 0.0142. The number of pyridine rings is 2. The van der Waals surface area contributed by atoms with E-state index in [1.165, 1.54) is 0 Å². The van der Waals surface area contributed by atoms with Crippen LogP contribution in [0.15, 0.2) is 42.7 Å². The summed E-state index contributed by atoms with van der Waals surface area (Å²) in [5, 5.41) is 8.58. The van der Waals surface area contributed by atoms with Crippen LogP contribution in [-0.2, 0) is 4.79 Å². The van der Waals surface area contributed by atoms with Crippen molar-refractivity contribution < 1.29 is 9.90 Å². The van der Waals surface area contributed by atoms with Gasteiger partial charge >= 0.3 is 5.97 Å². The molecule has 0 spiro atoms. The van der Waals surface area contributed by atoms with Crippen LogP contribution in [0, 0.1) is 6.92 Å². The Morgan fingerprint density at radius 3 is 2.58 bits per heavy atom. The van der Waals surface area contributed by atoms with Gasteiger partial charge in [-0.25, -0.2) is 0 Å². The predicted molar refractivity (Wildman–Crippen MR) is 73.5 cm³/mol. The maximum Gasteiger partial charge on any atom is 0.307 e. The third-order valence-corrected chi connectivity index (χ3v) is 2.56. The van der Waals surface area contributed by atoms with E-state index in [9.17, 15) is 4.79 Å². The number of aliphatic carboxylic acids is 1. The summed E-state index contributed by atoms with van der Waals surface area (Å²) >= 11 is 0. The number of rotatable bonds is 4. The molecule has 2 heterocycles. The first-order valence-electron chi connectivity index (χ1n) is 5.92. The number of carboxylic acid groups (broad SMARTS) is 1. The van der Waals surface area contributed by atoms with Gasteiger partial charge in [-0.05, 0) is 42.3 Å². The van der Waals surface area contributed by atoms with Crippen molar-refractivity contribution >= 4 is 12.0 Å². The fourth-order valence-electron chi connectivity index (χ4n) is 1.66. The van der Waals surface area contributed by atoms with Gasteiger partial charge in [-0.15, -0.1) is 0 Å². The Morgan fingerprint density at radius 2 is 1.89 bits per heavy atom. The molecule has 0 bridgehead atoms. The highest BCUT2D eigenvalue weighted by molar-refractivity contribution is 5.70. The number of carboxylic acids is 1. The molecule has 0 radical (unpaired) electrons. The van der Waals surface area contributed by atoms with Gasteiger partial charge in [0.2, 0.25) is 0 Å². The summed E-state index contributed by atoms with van der Waals surface area (Å²) in [6.07, 6.45) is 6.85. The van der Waals surface area contributed by atoms with E-state index < -0.39 is 5.97 Å². The Kier molecular flexibility index (Phi) is 4.03. The Balaban J connectivity index is 2.24. The fourth-order valence-corrected chi connectivity index (χ4v) is 1.66. The summed E-state index contributed by atoms with van der Waals surface area (Å²) < 4.78 is 0. The van der Waals surface area contributed by atoms with Gasteiger partial charge in [0.1, 0.15) is 0 Å². The molecular formula is C15H14N2O2. The van der Waals surface area contributed by atoms with E-state index in [-0.39, 0.29) is 6.42 Å². The molecule has 0 atom stereocenters. The van der Waals surface area contributed by atoms with Crippen molar-refractivity contribution in [2.24, 2.45) is 0 Å². The number of hydrogen-bond donors (Lipinski definition) is 1. The molecule has 0 saturated carbocycles. The minimum atomic E-state index is -0.842. The zero-order valence-corrected chi connectivity index (χ0v) is 10.6. The van der Waals surface area contributed by atoms with Gasteiger partial charge in [0.25, 0.3) is 0 Å². The van der Waals surface area contributed by atoms with Gasteiger partial charge < -0.3 is 5.11 Å². The molecule has 2 aromatic rings. The number of nitrogens with zero attached hydrogens (tertiary/aromatic N) is 2. The van der Waals surface area contributed by atoms with E-state index in [0.29, 0.717) is 0 Å². The Labute approximate surface area is 111 Å². The van der Waals surface area contributed by atoms with Gasteiger partial charge in [0.05, 0.1) is 17.8 Å². The van der Waals surface area contributed by atoms with E-state index in [1.807, 2.05) is 31.2 Å². The van der Waals surface area contributed by atoms with Crippen molar-refractivity contribution in [3.8, 4) is 11.4 Å². The van der Waals surface area contributed by atoms with E-state index in [2.05, 4.69) is 9.97 Å². The van der Waals surface area contributed by atoms with E-state index in [1.54, 1.807) is 24.5 Å². The molecular weight excluding hydrogens is 240 g/mol. The lowest BCUT2D eigenvalue weighted by molar-refractivity contribution is -0.135. The van der Waals surface area contributed by atoms with Crippen LogP contribution in [-0.4, -0.2) is 21.0 Å². The summed E-state index contributed by atoms with van der Waals surface area (Å²) in [5.74, 6) is -0.842. The standard InChI is InChI=1S/C15H14N2O2/c1-11-5-7-16-13(9-11)14-10-12(6-8-17-14)3-2-4-15(18)19/h2-3,5-10H,4H2,1H3,(H,18,19). The zero-order chi connectivity index (χ0) is 13.7. The van der Waals surface area contributed by atoms with Crippen LogP contribution in [0.3, 0.4) is 0 Å². The van der Waals surface area contributed by atoms with Gasteiger partial charge in [-0.3, -0.25) is 14.8 Å². The third kappa shape index (κ3) is 3.74. The van der Waals surface area contributed by atoms with Crippen LogP contribution >= 0.6 is 0 Å². The largest absolute Gasteiger partial charge is 0.481 e. The topological polar surface area (TPSA) is 63.1 Å². The number of hydrogen-bond acceptors (Lipinski definition) is 3. The first kappa shape index (κ1) is 13.0.